The first kappa shape index (κ1) is 8.93. The van der Waals surface area contributed by atoms with Gasteiger partial charge in [-0.3, -0.25) is 0 Å². The molecule has 9 atom stereocenters. The van der Waals surface area contributed by atoms with E-state index >= 15 is 0 Å². The summed E-state index contributed by atoms with van der Waals surface area (Å²) in [6.07, 6.45) is 1.40. The van der Waals surface area contributed by atoms with Crippen molar-refractivity contribution in [3.8, 4) is 0 Å². The molecule has 20 heterocycles. The maximum atomic E-state index is 14.8. The Morgan fingerprint density at radius 2 is 1.26 bits per heavy atom. The molecule has 0 aromatic rings. The number of carbonyl (C=O) groups is 2. The Bertz CT molecular complexity index is 2030. The minimum atomic E-state index is -3.85. The number of carbonyl (C=O) groups excluding carboxylic acids is 2. The summed E-state index contributed by atoms with van der Waals surface area (Å²) in [6.45, 7) is -3.34. The molecular weight excluding hydrogens is 554 g/mol. The van der Waals surface area contributed by atoms with Crippen LogP contribution >= 0.6 is 0 Å². The molecule has 140 valence electrons. The van der Waals surface area contributed by atoms with Crippen molar-refractivity contribution in [2.45, 2.75) is 91.9 Å². The molecule has 20 saturated heterocycles. The zero-order valence-corrected chi connectivity index (χ0v) is 18.2. The Labute approximate surface area is 133 Å². The summed E-state index contributed by atoms with van der Waals surface area (Å²) in [7, 11) is -3.85. The summed E-state index contributed by atoms with van der Waals surface area (Å²) in [5.41, 5.74) is 0. The zero-order chi connectivity index (χ0) is 15.9. The predicted molar refractivity (Wildman–Crippen MR) is 87.4 cm³/mol. The zero-order valence-electron chi connectivity index (χ0n) is 14.6. The normalized spacial score (nSPS) is 149. The standard InChI is InChI=1S/C13H10O2.2C5H5.Fe.Os/c14-9-12(10-5-1-2-6-10)13(15)11-7-3-4-8-11;2*1-2-4-5-3-1;;/h1-9,12H;2*1-5H;;. The molecule has 4 heteroatoms. The van der Waals surface area contributed by atoms with E-state index in [4.69, 9.17) is 0 Å². The first-order valence-corrected chi connectivity index (χ1v) is 32.9. The van der Waals surface area contributed by atoms with Crippen LogP contribution < -0.4 is 0 Å². The van der Waals surface area contributed by atoms with Crippen molar-refractivity contribution >= 4 is 12.1 Å². The molecule has 20 aliphatic rings. The summed E-state index contributed by atoms with van der Waals surface area (Å²) in [5.74, 6) is 0.842. The fraction of sp³-hybridized carbons (Fsp3) is 0.913. The van der Waals surface area contributed by atoms with Gasteiger partial charge in [-0.25, -0.2) is 0 Å². The molecule has 0 N–H and O–H groups in total. The summed E-state index contributed by atoms with van der Waals surface area (Å²) in [4.78, 5) is 38.9. The molecule has 0 radical (unpaired) electrons. The van der Waals surface area contributed by atoms with Gasteiger partial charge in [-0.15, -0.1) is 0 Å². The van der Waals surface area contributed by atoms with Gasteiger partial charge in [0.05, 0.1) is 0 Å². The summed E-state index contributed by atoms with van der Waals surface area (Å²) < 4.78 is 12.0. The van der Waals surface area contributed by atoms with Crippen molar-refractivity contribution in [3.05, 3.63) is 0 Å². The Morgan fingerprint density at radius 1 is 0.778 bits per heavy atom. The van der Waals surface area contributed by atoms with Crippen molar-refractivity contribution in [1.29, 1.82) is 0 Å². The molecule has 2 nitrogen and oxygen atoms in total. The van der Waals surface area contributed by atoms with Gasteiger partial charge < -0.3 is 0 Å². The predicted octanol–water partition coefficient (Wildman–Crippen LogP) is 5.89. The molecule has 20 aliphatic heterocycles. The summed E-state index contributed by atoms with van der Waals surface area (Å²) in [6, 6.07) is 0. The van der Waals surface area contributed by atoms with E-state index in [9.17, 15) is 9.59 Å². The van der Waals surface area contributed by atoms with Gasteiger partial charge in [-0.05, 0) is 0 Å². The van der Waals surface area contributed by atoms with E-state index < -0.39 is 14.4 Å². The molecule has 20 rings (SSSR count). The summed E-state index contributed by atoms with van der Waals surface area (Å²) in [5, 5.41) is 0. The second-order valence-corrected chi connectivity index (χ2v) is 98.2. The molecule has 0 amide bonds. The minimum absolute atomic E-state index is 0.0405. The Morgan fingerprint density at radius 3 is 1.48 bits per heavy atom. The van der Waals surface area contributed by atoms with Gasteiger partial charge in [0.1, 0.15) is 0 Å². The number of hydrogen-bond acceptors (Lipinski definition) is 2. The van der Waals surface area contributed by atoms with Crippen molar-refractivity contribution in [1.82, 2.24) is 0 Å². The van der Waals surface area contributed by atoms with Crippen LogP contribution in [0.4, 0.5) is 0 Å². The fourth-order valence-corrected chi connectivity index (χ4v) is 334. The van der Waals surface area contributed by atoms with Crippen LogP contribution in [0.5, 0.6) is 0 Å². The maximum absolute atomic E-state index is 14.8. The van der Waals surface area contributed by atoms with Gasteiger partial charge in [0.15, 0.2) is 0 Å². The molecule has 27 heavy (non-hydrogen) atoms. The molecule has 2 spiro atoms. The number of rotatable bonds is 4. The average molecular weight is 574 g/mol. The number of Topliss-reactive ketones (excluding diaryl/α,β-unsaturated/α-hetero) is 1. The van der Waals surface area contributed by atoms with Crippen LogP contribution in [0, 0.1) is 5.92 Å². The van der Waals surface area contributed by atoms with Gasteiger partial charge in [-0.2, -0.15) is 0 Å². The van der Waals surface area contributed by atoms with E-state index in [2.05, 4.69) is 0 Å². The molecule has 0 aromatic carbocycles. The van der Waals surface area contributed by atoms with E-state index in [1.165, 1.54) is 71.3 Å². The third-order valence-corrected chi connectivity index (χ3v) is 171. The Kier molecular flexibility index (Phi) is 0.213. The van der Waals surface area contributed by atoms with Gasteiger partial charge in [0.25, 0.3) is 0 Å². The van der Waals surface area contributed by atoms with Crippen molar-refractivity contribution in [3.63, 3.8) is 0 Å². The molecule has 0 saturated carbocycles. The number of hydrogen-bond donors (Lipinski definition) is 0. The van der Waals surface area contributed by atoms with E-state index in [-0.39, 0.29) is 5.92 Å². The quantitative estimate of drug-likeness (QED) is 0.239. The van der Waals surface area contributed by atoms with Crippen LogP contribution in [0.25, 0.3) is 0 Å². The van der Waals surface area contributed by atoms with Gasteiger partial charge in [-0.1, -0.05) is 0 Å². The molecule has 0 aliphatic carbocycles. The van der Waals surface area contributed by atoms with E-state index in [0.717, 1.165) is 24.4 Å². The second-order valence-electron chi connectivity index (χ2n) is 20.4. The van der Waals surface area contributed by atoms with Crippen LogP contribution in [-0.4, -0.2) is 12.1 Å². The van der Waals surface area contributed by atoms with Crippen molar-refractivity contribution < 1.29 is 24.0 Å². The van der Waals surface area contributed by atoms with Crippen LogP contribution in [-0.2, 0) is 24.0 Å². The molecule has 0 aromatic heterocycles. The molecular formula is C23H20FeO2Os. The van der Waals surface area contributed by atoms with Gasteiger partial charge in [0.2, 0.25) is 0 Å². The molecule has 9 unspecified atom stereocenters. The topological polar surface area (TPSA) is 34.1 Å². The fourth-order valence-electron chi connectivity index (χ4n) is 34.7. The van der Waals surface area contributed by atoms with E-state index in [1.54, 1.807) is 0 Å². The van der Waals surface area contributed by atoms with E-state index in [1.807, 2.05) is 0 Å². The Hall–Kier alpha value is 0.496. The summed E-state index contributed by atoms with van der Waals surface area (Å²) >= 11 is 0. The second kappa shape index (κ2) is 0.644. The number of aldehydes is 1. The Balaban J connectivity index is 1.06. The van der Waals surface area contributed by atoms with Crippen molar-refractivity contribution in [2.24, 2.45) is 5.92 Å². The van der Waals surface area contributed by atoms with Crippen LogP contribution in [0.15, 0.2) is 0 Å². The van der Waals surface area contributed by atoms with Gasteiger partial charge in [0, 0.05) is 0 Å². The SMILES string of the molecule is O=CC(C(=O)[C]12[CH]3[CH]4[CH]5[CH]1[Os]45321678[CH]2[CH]1[CH]6[CH]7[CH]28)[C]12[CH]3[CH]4[CH]5[CH]1[Fe]45321678[CH]2[CH]1[CH]6[CH]7[CH]28. The third-order valence-electron chi connectivity index (χ3n) is 30.7. The van der Waals surface area contributed by atoms with Crippen molar-refractivity contribution in [2.75, 3.05) is 0 Å². The van der Waals surface area contributed by atoms with Crippen LogP contribution in [0.1, 0.15) is 0 Å². The van der Waals surface area contributed by atoms with Gasteiger partial charge >= 0.3 is 134 Å². The van der Waals surface area contributed by atoms with Crippen LogP contribution in [0.2, 0.25) is 91.9 Å². The number of fused-ring (bicyclic) bond motifs is 20. The third kappa shape index (κ3) is 0.0805. The molecule has 0 bridgehead atoms. The first-order chi connectivity index (χ1) is 12.7. The van der Waals surface area contributed by atoms with E-state index in [0.29, 0.717) is 8.28 Å². The molecule has 20 fully saturated rings. The first-order valence-electron chi connectivity index (χ1n) is 12.1. The number of ketones is 1. The monoisotopic (exact) mass is 576 g/mol. The van der Waals surface area contributed by atoms with Crippen LogP contribution in [0.3, 0.4) is 0 Å². The average Bonchev–Trinajstić information content (AvgIpc) is 3.56.